The maximum absolute atomic E-state index is 14.0. The van der Waals surface area contributed by atoms with Crippen LogP contribution in [0.3, 0.4) is 0 Å². The summed E-state index contributed by atoms with van der Waals surface area (Å²) in [5, 5.41) is -0.0722. The van der Waals surface area contributed by atoms with Gasteiger partial charge in [-0.25, -0.2) is 0 Å². The van der Waals surface area contributed by atoms with Crippen LogP contribution in [0, 0.1) is 6.92 Å². The van der Waals surface area contributed by atoms with Crippen LogP contribution in [0.4, 0.5) is 26.3 Å². The summed E-state index contributed by atoms with van der Waals surface area (Å²) >= 11 is 0. The Kier molecular flexibility index (Phi) is 5.89. The average Bonchev–Trinajstić information content (AvgIpc) is 2.72. The fraction of sp³-hybridized carbons (Fsp3) is 0.136. The monoisotopic (exact) mass is 456 g/mol. The van der Waals surface area contributed by atoms with Gasteiger partial charge in [0.15, 0.2) is 0 Å². The molecule has 0 fully saturated rings. The number of hydrogen-bond acceptors (Lipinski definition) is 2. The van der Waals surface area contributed by atoms with Crippen molar-refractivity contribution in [2.45, 2.75) is 19.3 Å². The van der Waals surface area contributed by atoms with Gasteiger partial charge in [0.05, 0.1) is 11.1 Å². The topological polar surface area (TPSA) is 34.1 Å². The van der Waals surface area contributed by atoms with Crippen LogP contribution in [0.15, 0.2) is 72.8 Å². The number of aryl methyl sites for hydroxylation is 1. The van der Waals surface area contributed by atoms with Crippen LogP contribution in [0.1, 0.15) is 27.0 Å². The van der Waals surface area contributed by atoms with Crippen LogP contribution < -0.4 is 10.6 Å². The molecular formula is C22H15F6O2P. The molecule has 2 nitrogen and oxygen atoms in total. The third-order valence-electron chi connectivity index (χ3n) is 4.70. The van der Waals surface area contributed by atoms with Crippen LogP contribution >= 0.6 is 7.14 Å². The van der Waals surface area contributed by atoms with E-state index in [9.17, 15) is 35.7 Å². The number of carbonyl (C=O) groups excluding carboxylic acids is 1. The van der Waals surface area contributed by atoms with E-state index in [1.54, 1.807) is 19.1 Å². The zero-order chi connectivity index (χ0) is 23.0. The van der Waals surface area contributed by atoms with Gasteiger partial charge in [0.1, 0.15) is 0 Å². The molecule has 1 atom stereocenters. The van der Waals surface area contributed by atoms with Crippen LogP contribution in [0.25, 0.3) is 0 Å². The summed E-state index contributed by atoms with van der Waals surface area (Å²) in [5.74, 6) is 0. The van der Waals surface area contributed by atoms with Gasteiger partial charge in [-0.05, 0) is 31.2 Å². The molecule has 0 amide bonds. The molecule has 0 aliphatic carbocycles. The van der Waals surface area contributed by atoms with Gasteiger partial charge in [-0.3, -0.25) is 4.79 Å². The fourth-order valence-corrected chi connectivity index (χ4v) is 5.40. The van der Waals surface area contributed by atoms with Gasteiger partial charge < -0.3 is 4.57 Å². The first-order valence-corrected chi connectivity index (χ1v) is 10.6. The highest BCUT2D eigenvalue weighted by Gasteiger charge is 2.38. The predicted molar refractivity (Wildman–Crippen MR) is 105 cm³/mol. The van der Waals surface area contributed by atoms with Crippen molar-refractivity contribution < 1.29 is 35.7 Å². The molecule has 0 radical (unpaired) electrons. The molecule has 0 N–H and O–H groups in total. The Balaban J connectivity index is 2.13. The minimum atomic E-state index is -4.62. The second-order valence-electron chi connectivity index (χ2n) is 6.87. The van der Waals surface area contributed by atoms with Gasteiger partial charge >= 0.3 is 12.4 Å². The van der Waals surface area contributed by atoms with E-state index >= 15 is 0 Å². The lowest BCUT2D eigenvalue weighted by Gasteiger charge is -2.19. The number of hydrogen-bond donors (Lipinski definition) is 0. The van der Waals surface area contributed by atoms with E-state index in [1.807, 2.05) is 0 Å². The van der Waals surface area contributed by atoms with Crippen molar-refractivity contribution in [1.82, 2.24) is 0 Å². The number of alkyl halides is 6. The quantitative estimate of drug-likeness (QED) is 0.347. The molecule has 3 aromatic rings. The molecule has 0 aliphatic rings. The highest BCUT2D eigenvalue weighted by molar-refractivity contribution is 7.93. The van der Waals surface area contributed by atoms with Gasteiger partial charge in [-0.1, -0.05) is 54.1 Å². The zero-order valence-electron chi connectivity index (χ0n) is 16.0. The van der Waals surface area contributed by atoms with Gasteiger partial charge in [-0.2, -0.15) is 26.3 Å². The summed E-state index contributed by atoms with van der Waals surface area (Å²) in [6.45, 7) is 1.75. The Labute approximate surface area is 173 Å². The van der Waals surface area contributed by atoms with E-state index in [0.717, 1.165) is 42.0 Å². The zero-order valence-corrected chi connectivity index (χ0v) is 16.9. The summed E-state index contributed by atoms with van der Waals surface area (Å²) in [5.41, 5.74) is -2.37. The molecule has 9 heteroatoms. The van der Waals surface area contributed by atoms with Gasteiger partial charge in [0.2, 0.25) is 12.7 Å². The van der Waals surface area contributed by atoms with Crippen LogP contribution in [0.2, 0.25) is 0 Å². The predicted octanol–water partition coefficient (Wildman–Crippen LogP) is 6.19. The summed E-state index contributed by atoms with van der Waals surface area (Å²) < 4.78 is 91.2. The molecule has 0 aliphatic heterocycles. The molecular weight excluding hydrogens is 441 g/mol. The standard InChI is InChI=1S/C22H15F6O2P/c1-14-2-10-18(11-3-14)31(30,19-12-8-17(9-13-19)22(26,27)28)20(29)15-4-6-16(7-5-15)21(23,24)25/h2-13H,1H3. The summed E-state index contributed by atoms with van der Waals surface area (Å²) in [7, 11) is -4.17. The van der Waals surface area contributed by atoms with Gasteiger partial charge in [0.25, 0.3) is 0 Å². The lowest BCUT2D eigenvalue weighted by molar-refractivity contribution is -0.138. The minimum absolute atomic E-state index is 0.0720. The molecule has 0 saturated carbocycles. The smallest absolute Gasteiger partial charge is 0.305 e. The third kappa shape index (κ3) is 4.59. The van der Waals surface area contributed by atoms with Crippen molar-refractivity contribution in [2.75, 3.05) is 0 Å². The number of benzene rings is 3. The molecule has 0 aromatic heterocycles. The molecule has 31 heavy (non-hydrogen) atoms. The van der Waals surface area contributed by atoms with E-state index in [2.05, 4.69) is 0 Å². The van der Waals surface area contributed by atoms with E-state index < -0.39 is 36.1 Å². The third-order valence-corrected chi connectivity index (χ3v) is 7.58. The molecule has 0 saturated heterocycles. The summed E-state index contributed by atoms with van der Waals surface area (Å²) in [6, 6.07) is 12.6. The molecule has 0 spiro atoms. The average molecular weight is 456 g/mol. The Bertz CT molecular complexity index is 1130. The van der Waals surface area contributed by atoms with Gasteiger partial charge in [-0.15, -0.1) is 0 Å². The SMILES string of the molecule is Cc1ccc(P(=O)(C(=O)c2ccc(C(F)(F)F)cc2)c2ccc(C(F)(F)F)cc2)cc1. The molecule has 162 valence electrons. The Hall–Kier alpha value is -2.86. The van der Waals surface area contributed by atoms with Crippen molar-refractivity contribution in [1.29, 1.82) is 0 Å². The van der Waals surface area contributed by atoms with E-state index in [4.69, 9.17) is 0 Å². The number of rotatable bonds is 4. The second-order valence-corrected chi connectivity index (χ2v) is 9.53. The van der Waals surface area contributed by atoms with Crippen LogP contribution in [-0.4, -0.2) is 5.52 Å². The lowest BCUT2D eigenvalue weighted by atomic mass is 10.1. The summed E-state index contributed by atoms with van der Waals surface area (Å²) in [4.78, 5) is 13.2. The minimum Gasteiger partial charge on any atom is -0.305 e. The van der Waals surface area contributed by atoms with Crippen molar-refractivity contribution in [2.24, 2.45) is 0 Å². The maximum atomic E-state index is 14.0. The fourth-order valence-electron chi connectivity index (χ4n) is 2.98. The van der Waals surface area contributed by atoms with Crippen molar-refractivity contribution in [3.05, 3.63) is 95.1 Å². The Morgan fingerprint density at radius 2 is 1.00 bits per heavy atom. The number of carbonyl (C=O) groups is 1. The lowest BCUT2D eigenvalue weighted by Crippen LogP contribution is -2.23. The molecule has 3 aromatic carbocycles. The van der Waals surface area contributed by atoms with Crippen molar-refractivity contribution in [3.8, 4) is 0 Å². The Morgan fingerprint density at radius 3 is 1.39 bits per heavy atom. The summed E-state index contributed by atoms with van der Waals surface area (Å²) in [6.07, 6.45) is -9.24. The Morgan fingerprint density at radius 1 is 0.645 bits per heavy atom. The van der Waals surface area contributed by atoms with E-state index in [1.165, 1.54) is 12.1 Å². The normalized spacial score (nSPS) is 14.2. The molecule has 0 bridgehead atoms. The van der Waals surface area contributed by atoms with E-state index in [-0.39, 0.29) is 16.2 Å². The number of halogens is 6. The molecule has 1 unspecified atom stereocenters. The maximum Gasteiger partial charge on any atom is 0.416 e. The molecule has 0 heterocycles. The largest absolute Gasteiger partial charge is 0.416 e. The van der Waals surface area contributed by atoms with Gasteiger partial charge in [0, 0.05) is 16.2 Å². The first-order valence-electron chi connectivity index (χ1n) is 8.91. The molecule has 3 rings (SSSR count). The van der Waals surface area contributed by atoms with Crippen molar-refractivity contribution >= 4 is 23.3 Å². The van der Waals surface area contributed by atoms with E-state index in [0.29, 0.717) is 12.1 Å². The first-order chi connectivity index (χ1) is 14.3. The van der Waals surface area contributed by atoms with Crippen LogP contribution in [-0.2, 0) is 16.9 Å². The van der Waals surface area contributed by atoms with Crippen LogP contribution in [0.5, 0.6) is 0 Å². The highest BCUT2D eigenvalue weighted by atomic mass is 31.2. The second kappa shape index (κ2) is 8.00. The highest BCUT2D eigenvalue weighted by Crippen LogP contribution is 2.47. The van der Waals surface area contributed by atoms with Crippen molar-refractivity contribution in [3.63, 3.8) is 0 Å². The first kappa shape index (κ1) is 22.8.